The molecule has 14 heavy (non-hydrogen) atoms. The van der Waals surface area contributed by atoms with Crippen LogP contribution in [0, 0.1) is 0 Å². The molecule has 0 radical (unpaired) electrons. The first-order valence-corrected chi connectivity index (χ1v) is 5.17. The van der Waals surface area contributed by atoms with E-state index in [0.29, 0.717) is 13.0 Å². The molecule has 0 heterocycles. The van der Waals surface area contributed by atoms with Crippen molar-refractivity contribution in [2.45, 2.75) is 45.3 Å². The second kappa shape index (κ2) is 6.79. The van der Waals surface area contributed by atoms with Crippen molar-refractivity contribution in [3.8, 4) is 0 Å². The summed E-state index contributed by atoms with van der Waals surface area (Å²) in [6, 6.07) is -0.390. The first kappa shape index (κ1) is 13.4. The molecule has 1 unspecified atom stereocenters. The van der Waals surface area contributed by atoms with E-state index in [1.165, 1.54) is 0 Å². The predicted molar refractivity (Wildman–Crippen MR) is 56.8 cm³/mol. The lowest BCUT2D eigenvalue weighted by Gasteiger charge is -2.21. The second-order valence-electron chi connectivity index (χ2n) is 3.79. The van der Waals surface area contributed by atoms with Crippen molar-refractivity contribution in [2.75, 3.05) is 13.6 Å². The van der Waals surface area contributed by atoms with Crippen LogP contribution in [-0.4, -0.2) is 41.7 Å². The fraction of sp³-hybridized carbons (Fsp3) is 0.900. The van der Waals surface area contributed by atoms with E-state index < -0.39 is 0 Å². The van der Waals surface area contributed by atoms with Gasteiger partial charge in [0.15, 0.2) is 0 Å². The van der Waals surface area contributed by atoms with E-state index in [9.17, 15) is 4.79 Å². The van der Waals surface area contributed by atoms with Gasteiger partial charge < -0.3 is 15.7 Å². The Balaban J connectivity index is 3.86. The Hall–Kier alpha value is -0.610. The molecule has 0 aliphatic rings. The van der Waals surface area contributed by atoms with Crippen molar-refractivity contribution in [1.29, 1.82) is 0 Å². The minimum absolute atomic E-state index is 0.0347. The molecule has 0 aliphatic heterocycles. The Bertz CT molecular complexity index is 172. The molecule has 0 aromatic carbocycles. The molecular formula is C10H22N2O2. The molecule has 0 saturated carbocycles. The van der Waals surface area contributed by atoms with Crippen LogP contribution in [0.15, 0.2) is 0 Å². The van der Waals surface area contributed by atoms with Crippen molar-refractivity contribution in [2.24, 2.45) is 5.73 Å². The maximum atomic E-state index is 11.6. The summed E-state index contributed by atoms with van der Waals surface area (Å²) in [5.41, 5.74) is 5.68. The highest BCUT2D eigenvalue weighted by Gasteiger charge is 2.16. The zero-order valence-corrected chi connectivity index (χ0v) is 9.36. The second-order valence-corrected chi connectivity index (χ2v) is 3.79. The highest BCUT2D eigenvalue weighted by Crippen LogP contribution is 2.00. The van der Waals surface area contributed by atoms with Crippen molar-refractivity contribution >= 4 is 5.91 Å². The minimum Gasteiger partial charge on any atom is -0.393 e. The number of rotatable bonds is 6. The lowest BCUT2D eigenvalue weighted by atomic mass is 10.1. The average molecular weight is 202 g/mol. The smallest absolute Gasteiger partial charge is 0.239 e. The third kappa shape index (κ3) is 5.19. The maximum absolute atomic E-state index is 11.6. The maximum Gasteiger partial charge on any atom is 0.239 e. The van der Waals surface area contributed by atoms with Crippen LogP contribution in [0.3, 0.4) is 0 Å². The molecule has 1 amide bonds. The molecule has 84 valence electrons. The predicted octanol–water partition coefficient (Wildman–Crippen LogP) is 0.343. The van der Waals surface area contributed by atoms with Crippen LogP contribution >= 0.6 is 0 Å². The van der Waals surface area contributed by atoms with Crippen molar-refractivity contribution < 1.29 is 9.90 Å². The van der Waals surface area contributed by atoms with Crippen LogP contribution in [0.5, 0.6) is 0 Å². The van der Waals surface area contributed by atoms with Gasteiger partial charge in [0, 0.05) is 13.6 Å². The van der Waals surface area contributed by atoms with E-state index in [2.05, 4.69) is 0 Å². The third-order valence-electron chi connectivity index (χ3n) is 2.18. The van der Waals surface area contributed by atoms with Gasteiger partial charge in [0.05, 0.1) is 12.1 Å². The molecule has 0 aromatic rings. The Morgan fingerprint density at radius 1 is 1.50 bits per heavy atom. The molecule has 0 aromatic heterocycles. The number of amides is 1. The van der Waals surface area contributed by atoms with Gasteiger partial charge >= 0.3 is 0 Å². The molecule has 0 aliphatic carbocycles. The van der Waals surface area contributed by atoms with Gasteiger partial charge in [0.1, 0.15) is 0 Å². The van der Waals surface area contributed by atoms with E-state index >= 15 is 0 Å². The van der Waals surface area contributed by atoms with E-state index in [0.717, 1.165) is 12.8 Å². The summed E-state index contributed by atoms with van der Waals surface area (Å²) in [7, 11) is 1.72. The first-order valence-electron chi connectivity index (χ1n) is 5.17. The van der Waals surface area contributed by atoms with Crippen LogP contribution in [0.1, 0.15) is 33.1 Å². The monoisotopic (exact) mass is 202 g/mol. The zero-order chi connectivity index (χ0) is 11.1. The average Bonchev–Trinajstić information content (AvgIpc) is 2.13. The van der Waals surface area contributed by atoms with Gasteiger partial charge in [-0.2, -0.15) is 0 Å². The number of hydrogen-bond acceptors (Lipinski definition) is 3. The SMILES string of the molecule is CCC[C@@H](N)C(=O)N(C)CCC(C)O. The molecule has 2 atom stereocenters. The summed E-state index contributed by atoms with van der Waals surface area (Å²) in [4.78, 5) is 13.2. The first-order chi connectivity index (χ1) is 6.49. The number of aliphatic hydroxyl groups excluding tert-OH is 1. The van der Waals surface area contributed by atoms with Crippen LogP contribution in [0.2, 0.25) is 0 Å². The molecule has 0 spiro atoms. The largest absolute Gasteiger partial charge is 0.393 e. The number of carbonyl (C=O) groups is 1. The van der Waals surface area contributed by atoms with E-state index in [-0.39, 0.29) is 18.1 Å². The molecule has 0 fully saturated rings. The Morgan fingerprint density at radius 2 is 2.07 bits per heavy atom. The Kier molecular flexibility index (Phi) is 6.49. The Labute approximate surface area is 86.1 Å². The van der Waals surface area contributed by atoms with Crippen molar-refractivity contribution in [3.63, 3.8) is 0 Å². The standard InChI is InChI=1S/C10H22N2O2/c1-4-5-9(11)10(14)12(3)7-6-8(2)13/h8-9,13H,4-7,11H2,1-3H3/t8?,9-/m1/s1. The van der Waals surface area contributed by atoms with Gasteiger partial charge in [-0.05, 0) is 19.8 Å². The quantitative estimate of drug-likeness (QED) is 0.653. The van der Waals surface area contributed by atoms with Gasteiger partial charge in [0.25, 0.3) is 0 Å². The number of likely N-dealkylation sites (N-methyl/N-ethyl adjacent to an activating group) is 1. The third-order valence-corrected chi connectivity index (χ3v) is 2.18. The highest BCUT2D eigenvalue weighted by atomic mass is 16.3. The van der Waals surface area contributed by atoms with Gasteiger partial charge in [-0.25, -0.2) is 0 Å². The number of hydrogen-bond donors (Lipinski definition) is 2. The van der Waals surface area contributed by atoms with Crippen molar-refractivity contribution in [1.82, 2.24) is 4.90 Å². The topological polar surface area (TPSA) is 66.6 Å². The fourth-order valence-electron chi connectivity index (χ4n) is 1.21. The Morgan fingerprint density at radius 3 is 2.50 bits per heavy atom. The number of nitrogens with zero attached hydrogens (tertiary/aromatic N) is 1. The summed E-state index contributed by atoms with van der Waals surface area (Å²) < 4.78 is 0. The molecular weight excluding hydrogens is 180 g/mol. The van der Waals surface area contributed by atoms with Gasteiger partial charge in [-0.15, -0.1) is 0 Å². The summed E-state index contributed by atoms with van der Waals surface area (Å²) in [6.07, 6.45) is 1.86. The molecule has 4 heteroatoms. The summed E-state index contributed by atoms with van der Waals surface area (Å²) in [5.74, 6) is -0.0347. The van der Waals surface area contributed by atoms with Gasteiger partial charge in [-0.3, -0.25) is 4.79 Å². The number of aliphatic hydroxyl groups is 1. The van der Waals surface area contributed by atoms with Crippen LogP contribution in [-0.2, 0) is 4.79 Å². The van der Waals surface area contributed by atoms with Gasteiger partial charge in [0.2, 0.25) is 5.91 Å². The van der Waals surface area contributed by atoms with E-state index in [4.69, 9.17) is 10.8 Å². The molecule has 0 bridgehead atoms. The minimum atomic E-state index is -0.390. The lowest BCUT2D eigenvalue weighted by Crippen LogP contribution is -2.42. The van der Waals surface area contributed by atoms with Crippen LogP contribution in [0.4, 0.5) is 0 Å². The molecule has 0 rings (SSSR count). The van der Waals surface area contributed by atoms with E-state index in [1.807, 2.05) is 6.92 Å². The molecule has 4 nitrogen and oxygen atoms in total. The summed E-state index contributed by atoms with van der Waals surface area (Å²) >= 11 is 0. The summed E-state index contributed by atoms with van der Waals surface area (Å²) in [6.45, 7) is 4.28. The number of nitrogens with two attached hydrogens (primary N) is 1. The van der Waals surface area contributed by atoms with E-state index in [1.54, 1.807) is 18.9 Å². The summed E-state index contributed by atoms with van der Waals surface area (Å²) in [5, 5.41) is 9.06. The molecule has 3 N–H and O–H groups in total. The van der Waals surface area contributed by atoms with Crippen LogP contribution in [0.25, 0.3) is 0 Å². The van der Waals surface area contributed by atoms with Crippen LogP contribution < -0.4 is 5.73 Å². The number of carbonyl (C=O) groups excluding carboxylic acids is 1. The fourth-order valence-corrected chi connectivity index (χ4v) is 1.21. The van der Waals surface area contributed by atoms with Crippen molar-refractivity contribution in [3.05, 3.63) is 0 Å². The normalized spacial score (nSPS) is 14.9. The zero-order valence-electron chi connectivity index (χ0n) is 9.36. The molecule has 0 saturated heterocycles. The highest BCUT2D eigenvalue weighted by molar-refractivity contribution is 5.81. The lowest BCUT2D eigenvalue weighted by molar-refractivity contribution is -0.131. The van der Waals surface area contributed by atoms with Gasteiger partial charge in [-0.1, -0.05) is 13.3 Å².